The molecule has 6 N–H and O–H groups in total. The Balaban J connectivity index is 1.40. The molecule has 0 unspecified atom stereocenters. The number of nitrogen functional groups attached to an aromatic ring is 2. The molecule has 1 aromatic heterocycles. The molecule has 1 aliphatic heterocycles. The monoisotopic (exact) mass is 777 g/mol. The average molecular weight is 778 g/mol. The van der Waals surface area contributed by atoms with Gasteiger partial charge in [0, 0.05) is 24.2 Å². The van der Waals surface area contributed by atoms with Crippen molar-refractivity contribution in [3.05, 3.63) is 95.1 Å². The number of carbonyl (C=O) groups excluding carboxylic acids is 3. The molecule has 1 saturated heterocycles. The quantitative estimate of drug-likeness (QED) is 0.0925. The van der Waals surface area contributed by atoms with E-state index in [0.29, 0.717) is 23.3 Å². The molecular weight excluding hydrogens is 730 g/mol. The zero-order chi connectivity index (χ0) is 39.3. The second kappa shape index (κ2) is 17.1. The highest BCUT2D eigenvalue weighted by Crippen LogP contribution is 2.27. The van der Waals surface area contributed by atoms with Gasteiger partial charge in [0.15, 0.2) is 0 Å². The second-order valence-electron chi connectivity index (χ2n) is 14.2. The number of benzene rings is 3. The van der Waals surface area contributed by atoms with Crippen molar-refractivity contribution in [2.45, 2.75) is 70.2 Å². The molecule has 1 aliphatic rings. The van der Waals surface area contributed by atoms with Gasteiger partial charge in [0.05, 0.1) is 45.5 Å². The maximum atomic E-state index is 14.4. The maximum absolute atomic E-state index is 14.4. The highest BCUT2D eigenvalue weighted by atomic mass is 35.5. The fourth-order valence-corrected chi connectivity index (χ4v) is 8.34. The van der Waals surface area contributed by atoms with Crippen molar-refractivity contribution in [3.63, 3.8) is 0 Å². The van der Waals surface area contributed by atoms with Gasteiger partial charge < -0.3 is 26.8 Å². The van der Waals surface area contributed by atoms with E-state index in [0.717, 1.165) is 15.8 Å². The van der Waals surface area contributed by atoms with Crippen LogP contribution in [0.2, 0.25) is 5.02 Å². The number of amides is 4. The summed E-state index contributed by atoms with van der Waals surface area (Å²) in [6.07, 6.45) is -0.725. The molecule has 1 fully saturated rings. The number of rotatable bonds is 16. The summed E-state index contributed by atoms with van der Waals surface area (Å²) in [6.45, 7) is 6.73. The van der Waals surface area contributed by atoms with Gasteiger partial charge >= 0.3 is 6.03 Å². The number of halogens is 1. The van der Waals surface area contributed by atoms with Crippen LogP contribution in [0.4, 0.5) is 16.2 Å². The van der Waals surface area contributed by atoms with Crippen LogP contribution in [0, 0.1) is 11.8 Å². The Morgan fingerprint density at radius 2 is 1.72 bits per heavy atom. The van der Waals surface area contributed by atoms with Crippen LogP contribution < -0.4 is 16.8 Å². The normalized spacial score (nSPS) is 15.9. The number of nitrogens with two attached hydrogens (primary N) is 2. The van der Waals surface area contributed by atoms with E-state index in [4.69, 9.17) is 23.1 Å². The van der Waals surface area contributed by atoms with Gasteiger partial charge in [-0.25, -0.2) is 13.2 Å². The number of pyridine rings is 1. The van der Waals surface area contributed by atoms with Crippen LogP contribution in [0.15, 0.2) is 83.8 Å². The summed E-state index contributed by atoms with van der Waals surface area (Å²) in [5.74, 6) is -1.54. The fraction of sp³-hybridized carbons (Fsp3) is 0.385. The predicted molar refractivity (Wildman–Crippen MR) is 210 cm³/mol. The zero-order valence-corrected chi connectivity index (χ0v) is 32.4. The molecule has 54 heavy (non-hydrogen) atoms. The zero-order valence-electron chi connectivity index (χ0n) is 30.9. The van der Waals surface area contributed by atoms with E-state index >= 15 is 0 Å². The molecule has 4 atom stereocenters. The molecule has 0 aliphatic carbocycles. The first kappa shape index (κ1) is 40.4. The molecule has 288 valence electrons. The van der Waals surface area contributed by atoms with Crippen molar-refractivity contribution in [2.24, 2.45) is 11.8 Å². The largest absolute Gasteiger partial charge is 0.399 e. The van der Waals surface area contributed by atoms with Crippen LogP contribution in [0.5, 0.6) is 0 Å². The molecule has 0 radical (unpaired) electrons. The summed E-state index contributed by atoms with van der Waals surface area (Å²) in [4.78, 5) is 48.5. The number of urea groups is 1. The predicted octanol–water partition coefficient (Wildman–Crippen LogP) is 4.67. The van der Waals surface area contributed by atoms with Crippen molar-refractivity contribution in [1.82, 2.24) is 24.4 Å². The van der Waals surface area contributed by atoms with Crippen molar-refractivity contribution in [2.75, 3.05) is 31.1 Å². The van der Waals surface area contributed by atoms with Crippen molar-refractivity contribution in [3.8, 4) is 0 Å². The first-order valence-corrected chi connectivity index (χ1v) is 19.7. The van der Waals surface area contributed by atoms with E-state index < -0.39 is 46.1 Å². The number of hydrogen-bond acceptors (Lipinski definition) is 9. The van der Waals surface area contributed by atoms with Gasteiger partial charge in [-0.3, -0.25) is 19.5 Å². The summed E-state index contributed by atoms with van der Waals surface area (Å²) in [5.41, 5.74) is 14.5. The summed E-state index contributed by atoms with van der Waals surface area (Å²) in [7, 11) is -4.16. The summed E-state index contributed by atoms with van der Waals surface area (Å²) >= 11 is 6.07. The van der Waals surface area contributed by atoms with Crippen molar-refractivity contribution < 1.29 is 27.9 Å². The lowest BCUT2D eigenvalue weighted by Gasteiger charge is -2.34. The fourth-order valence-electron chi connectivity index (χ4n) is 6.56. The Bertz CT molecular complexity index is 2100. The third kappa shape index (κ3) is 9.30. The lowest BCUT2D eigenvalue weighted by atomic mass is 9.95. The first-order chi connectivity index (χ1) is 25.6. The Morgan fingerprint density at radius 1 is 1.00 bits per heavy atom. The second-order valence-corrected chi connectivity index (χ2v) is 16.6. The molecular formula is C39H48ClN7O6S. The lowest BCUT2D eigenvalue weighted by Crippen LogP contribution is -2.57. The number of aliphatic hydroxyl groups is 1. The minimum atomic E-state index is -4.16. The molecule has 4 amide bonds. The Labute approximate surface area is 321 Å². The smallest absolute Gasteiger partial charge is 0.328 e. The number of anilines is 2. The van der Waals surface area contributed by atoms with Gasteiger partial charge in [-0.15, -0.1) is 0 Å². The minimum Gasteiger partial charge on any atom is -0.399 e. The number of nitrogens with zero attached hydrogens (tertiary/aromatic N) is 4. The number of imide groups is 1. The molecule has 5 rings (SSSR count). The molecule has 2 heterocycles. The highest BCUT2D eigenvalue weighted by Gasteiger charge is 2.45. The molecule has 0 spiro atoms. The molecule has 4 aromatic rings. The van der Waals surface area contributed by atoms with Gasteiger partial charge in [-0.2, -0.15) is 4.31 Å². The minimum absolute atomic E-state index is 0.0732. The van der Waals surface area contributed by atoms with Gasteiger partial charge in [-0.1, -0.05) is 82.1 Å². The van der Waals surface area contributed by atoms with E-state index in [9.17, 15) is 27.9 Å². The number of carbonyl (C=O) groups is 3. The third-order valence-electron chi connectivity index (χ3n) is 9.62. The molecule has 0 saturated carbocycles. The van der Waals surface area contributed by atoms with Crippen LogP contribution in [0.3, 0.4) is 0 Å². The van der Waals surface area contributed by atoms with Gasteiger partial charge in [0.25, 0.3) is 5.91 Å². The Kier molecular flexibility index (Phi) is 12.8. The van der Waals surface area contributed by atoms with E-state index in [2.05, 4.69) is 10.3 Å². The lowest BCUT2D eigenvalue weighted by molar-refractivity contribution is -0.129. The first-order valence-electron chi connectivity index (χ1n) is 17.9. The molecule has 0 bridgehead atoms. The van der Waals surface area contributed by atoms with Crippen LogP contribution in [-0.4, -0.2) is 88.3 Å². The average Bonchev–Trinajstić information content (AvgIpc) is 3.40. The number of fused-ring (bicyclic) bond motifs is 1. The number of aromatic nitrogens is 1. The summed E-state index contributed by atoms with van der Waals surface area (Å²) in [5, 5.41) is 15.8. The van der Waals surface area contributed by atoms with Crippen molar-refractivity contribution >= 4 is 61.7 Å². The van der Waals surface area contributed by atoms with Gasteiger partial charge in [-0.05, 0) is 66.3 Å². The number of nitrogens with one attached hydrogen (secondary N) is 1. The Morgan fingerprint density at radius 3 is 2.39 bits per heavy atom. The highest BCUT2D eigenvalue weighted by molar-refractivity contribution is 7.89. The van der Waals surface area contributed by atoms with Gasteiger partial charge in [0.2, 0.25) is 15.9 Å². The van der Waals surface area contributed by atoms with E-state index in [1.165, 1.54) is 27.4 Å². The number of aliphatic hydroxyl groups excluding tert-OH is 1. The molecule has 3 aromatic carbocycles. The van der Waals surface area contributed by atoms with Crippen LogP contribution in [-0.2, 0) is 32.6 Å². The van der Waals surface area contributed by atoms with Crippen molar-refractivity contribution in [1.29, 1.82) is 0 Å². The van der Waals surface area contributed by atoms with Gasteiger partial charge in [0.1, 0.15) is 12.6 Å². The standard InChI is InChI=1S/C39H48ClN7O6S/c1-5-25(4)37(47-23-36(49)46(39(47)51)21-29-13-11-27-18-28(41)12-16-33(27)43-29)38(50)44-34(17-26-9-7-6-8-10-26)35(48)22-45(20-24(2)3)54(52,53)30-14-15-31(40)32(42)19-30/h6-16,18-19,24-25,34-35,37,48H,5,17,20-23,41-42H2,1-4H3,(H,44,50)/t25-,34-,35+,37-/m0/s1. The molecule has 15 heteroatoms. The number of hydrogen-bond donors (Lipinski definition) is 4. The van der Waals surface area contributed by atoms with Crippen LogP contribution in [0.25, 0.3) is 10.9 Å². The van der Waals surface area contributed by atoms with E-state index in [1.54, 1.807) is 24.3 Å². The Hall–Kier alpha value is -4.76. The van der Waals surface area contributed by atoms with E-state index in [-0.39, 0.29) is 60.0 Å². The van der Waals surface area contributed by atoms with E-state index in [1.807, 2.05) is 64.1 Å². The van der Waals surface area contributed by atoms with Crippen LogP contribution >= 0.6 is 11.6 Å². The third-order valence-corrected chi connectivity index (χ3v) is 11.8. The summed E-state index contributed by atoms with van der Waals surface area (Å²) in [6, 6.07) is 19.4. The molecule has 13 nitrogen and oxygen atoms in total. The number of sulfonamides is 1. The summed E-state index contributed by atoms with van der Waals surface area (Å²) < 4.78 is 29.0. The van der Waals surface area contributed by atoms with Crippen LogP contribution in [0.1, 0.15) is 45.4 Å². The maximum Gasteiger partial charge on any atom is 0.328 e. The SMILES string of the molecule is CC[C@H](C)[C@@H](C(=O)N[C@@H](Cc1ccccc1)[C@H](O)CN(CC(C)C)S(=O)(=O)c1ccc(Cl)c(N)c1)N1CC(=O)N(Cc2ccc3cc(N)ccc3n2)C1=O. The topological polar surface area (TPSA) is 192 Å².